The quantitative estimate of drug-likeness (QED) is 0.0568. The van der Waals surface area contributed by atoms with Crippen molar-refractivity contribution in [1.29, 1.82) is 0 Å². The predicted octanol–water partition coefficient (Wildman–Crippen LogP) is 12.4. The van der Waals surface area contributed by atoms with Gasteiger partial charge in [-0.25, -0.2) is 14.7 Å². The van der Waals surface area contributed by atoms with E-state index in [2.05, 4.69) is 0 Å². The number of ether oxygens (including phenoxy) is 2. The Balaban J connectivity index is 0.670. The third kappa shape index (κ3) is 8.69. The summed E-state index contributed by atoms with van der Waals surface area (Å²) < 4.78 is 12.4. The number of ketones is 4. The molecule has 4 aliphatic rings. The van der Waals surface area contributed by atoms with Crippen LogP contribution in [0, 0.1) is 0 Å². The van der Waals surface area contributed by atoms with Crippen molar-refractivity contribution >= 4 is 75.6 Å². The Hall–Kier alpha value is -11.3. The van der Waals surface area contributed by atoms with Crippen molar-refractivity contribution in [2.45, 2.75) is 32.6 Å². The van der Waals surface area contributed by atoms with Crippen LogP contribution in [0.1, 0.15) is 151 Å². The van der Waals surface area contributed by atoms with Crippen LogP contribution in [0.3, 0.4) is 0 Å². The summed E-state index contributed by atoms with van der Waals surface area (Å²) in [6.07, 6.45) is 1.44. The highest BCUT2D eigenvalue weighted by Crippen LogP contribution is 2.39. The molecule has 1 atom stereocenters. The molecule has 84 heavy (non-hydrogen) atoms. The highest BCUT2D eigenvalue weighted by Gasteiger charge is 2.42. The second kappa shape index (κ2) is 20.3. The molecule has 0 fully saturated rings. The lowest BCUT2D eigenvalue weighted by atomic mass is 9.92. The van der Waals surface area contributed by atoms with Gasteiger partial charge < -0.3 is 9.47 Å². The van der Waals surface area contributed by atoms with Gasteiger partial charge in [0.05, 0.1) is 50.4 Å². The minimum absolute atomic E-state index is 0.0000309. The number of fused-ring (bicyclic) bond motifs is 4. The summed E-state index contributed by atoms with van der Waals surface area (Å²) in [5.41, 5.74) is 4.62. The molecule has 15 heteroatoms. The van der Waals surface area contributed by atoms with Gasteiger partial charge in [0, 0.05) is 51.6 Å². The van der Waals surface area contributed by atoms with Gasteiger partial charge in [0.25, 0.3) is 35.4 Å². The fraction of sp³-hybridized carbons (Fsp3) is 0.0725. The first-order valence-corrected chi connectivity index (χ1v) is 26.9. The minimum Gasteiger partial charge on any atom is -0.457 e. The normalized spacial score (nSPS) is 15.0. The van der Waals surface area contributed by atoms with Crippen LogP contribution in [-0.2, 0) is 12.8 Å². The third-order valence-corrected chi connectivity index (χ3v) is 15.5. The monoisotopic (exact) mass is 1110 g/mol. The topological polar surface area (TPSA) is 199 Å². The van der Waals surface area contributed by atoms with Gasteiger partial charge in [-0.05, 0) is 127 Å². The molecule has 9 aromatic rings. The number of amides is 6. The van der Waals surface area contributed by atoms with Crippen LogP contribution < -0.4 is 24.2 Å². The van der Waals surface area contributed by atoms with Crippen LogP contribution in [0.4, 0.5) is 17.1 Å². The molecule has 406 valence electrons. The second-order valence-corrected chi connectivity index (χ2v) is 20.5. The van der Waals surface area contributed by atoms with E-state index in [0.717, 1.165) is 32.2 Å². The van der Waals surface area contributed by atoms with Gasteiger partial charge in [-0.15, -0.1) is 0 Å². The van der Waals surface area contributed by atoms with Crippen LogP contribution in [0.25, 0.3) is 0 Å². The molecule has 0 bridgehead atoms. The van der Waals surface area contributed by atoms with E-state index in [1.54, 1.807) is 84.9 Å². The Morgan fingerprint density at radius 2 is 0.667 bits per heavy atom. The molecule has 9 aromatic carbocycles. The van der Waals surface area contributed by atoms with Crippen LogP contribution >= 0.6 is 0 Å². The van der Waals surface area contributed by atoms with E-state index in [-0.39, 0.29) is 95.4 Å². The summed E-state index contributed by atoms with van der Waals surface area (Å²) in [4.78, 5) is 141. The zero-order valence-electron chi connectivity index (χ0n) is 44.7. The fourth-order valence-electron chi connectivity index (χ4n) is 11.2. The molecule has 3 heterocycles. The Labute approximate surface area is 478 Å². The molecule has 0 spiro atoms. The summed E-state index contributed by atoms with van der Waals surface area (Å²) in [6.45, 7) is 3.95. The highest BCUT2D eigenvalue weighted by atomic mass is 16.5. The molecular formula is C69H43N3O12. The molecule has 13 rings (SSSR count). The molecule has 15 nitrogen and oxygen atoms in total. The Morgan fingerprint density at radius 1 is 0.333 bits per heavy atom. The number of Topliss-reactive ketones (excluding diaryl/α,β-unsaturated/α-hetero) is 2. The number of anilines is 3. The number of carbonyl (C=O) groups is 10. The zero-order chi connectivity index (χ0) is 58.2. The van der Waals surface area contributed by atoms with E-state index in [1.807, 2.05) is 38.1 Å². The average molecular weight is 1110 g/mol. The number of benzene rings is 9. The number of rotatable bonds is 14. The average Bonchev–Trinajstić information content (AvgIpc) is 3.35. The number of aryl methyl sites for hydroxylation is 2. The molecule has 3 aliphatic heterocycles. The zero-order valence-corrected chi connectivity index (χ0v) is 44.7. The van der Waals surface area contributed by atoms with Crippen LogP contribution in [0.5, 0.6) is 23.0 Å². The van der Waals surface area contributed by atoms with Crippen molar-refractivity contribution in [3.63, 3.8) is 0 Å². The first-order chi connectivity index (χ1) is 40.7. The number of imide groups is 3. The predicted molar refractivity (Wildman–Crippen MR) is 309 cm³/mol. The van der Waals surface area contributed by atoms with Crippen molar-refractivity contribution in [1.82, 2.24) is 0 Å². The van der Waals surface area contributed by atoms with Crippen LogP contribution in [0.15, 0.2) is 194 Å². The Bertz CT molecular complexity index is 4220. The minimum atomic E-state index is -1.00. The lowest BCUT2D eigenvalue weighted by Crippen LogP contribution is -2.29. The summed E-state index contributed by atoms with van der Waals surface area (Å²) in [7, 11) is 0. The molecule has 6 amide bonds. The van der Waals surface area contributed by atoms with E-state index in [0.29, 0.717) is 29.2 Å². The van der Waals surface area contributed by atoms with Crippen molar-refractivity contribution in [2.75, 3.05) is 14.7 Å². The SMILES string of the molecule is CCc1cccc(C2C(=O)c3ccc(C(=O)c4ccc5c(c4)C(=O)N(c4cccc(Oc6cccc(Oc7cccc(N8C(=O)c9ccc(C(=O)c%10ccc%11c(c%10)C(=O)N(c%10cccc(CC)c%10)C%11=O)cc9C8=O)c7)c6)c4)C5=O)cc3C2=O)c1. The summed E-state index contributed by atoms with van der Waals surface area (Å²) in [6, 6.07) is 50.8. The van der Waals surface area contributed by atoms with Crippen LogP contribution in [-0.4, -0.2) is 58.6 Å². The molecule has 0 radical (unpaired) electrons. The van der Waals surface area contributed by atoms with E-state index in [4.69, 9.17) is 9.47 Å². The number of nitrogens with zero attached hydrogens (tertiary/aromatic N) is 3. The molecule has 1 unspecified atom stereocenters. The smallest absolute Gasteiger partial charge is 0.266 e. The highest BCUT2D eigenvalue weighted by molar-refractivity contribution is 6.37. The fourth-order valence-corrected chi connectivity index (χ4v) is 11.2. The van der Waals surface area contributed by atoms with E-state index in [1.165, 1.54) is 84.9 Å². The lowest BCUT2D eigenvalue weighted by molar-refractivity contribution is 0.0880. The van der Waals surface area contributed by atoms with E-state index >= 15 is 0 Å². The summed E-state index contributed by atoms with van der Waals surface area (Å²) >= 11 is 0. The standard InChI is InChI=1S/C69H43N3O12/c1-3-37-10-5-12-39(28-37)59-62(75)51-24-20-40(30-55(51)63(59)76)60(73)41-21-26-53-57(31-41)68(81)71(65(53)78)45-14-7-16-47(34-45)83-49-18-9-19-50(36-49)84-48-17-8-15-46(35-48)72-66(79)54-27-23-43(33-58(54)69(72)82)61(74)42-22-25-52-56(32-42)67(80)70(64(52)77)44-13-6-11-38(4-2)29-44/h5-36,59H,3-4H2,1-2H3. The Morgan fingerprint density at radius 3 is 1.11 bits per heavy atom. The van der Waals surface area contributed by atoms with Gasteiger partial charge in [-0.3, -0.25) is 47.9 Å². The molecule has 0 aromatic heterocycles. The van der Waals surface area contributed by atoms with E-state index < -0.39 is 58.7 Å². The maximum Gasteiger partial charge on any atom is 0.266 e. The van der Waals surface area contributed by atoms with Gasteiger partial charge in [-0.1, -0.05) is 92.7 Å². The van der Waals surface area contributed by atoms with Gasteiger partial charge >= 0.3 is 0 Å². The maximum absolute atomic E-state index is 14.0. The third-order valence-electron chi connectivity index (χ3n) is 15.5. The van der Waals surface area contributed by atoms with Crippen molar-refractivity contribution in [3.05, 3.63) is 278 Å². The van der Waals surface area contributed by atoms with Gasteiger partial charge in [0.15, 0.2) is 23.1 Å². The summed E-state index contributed by atoms with van der Waals surface area (Å²) in [5, 5.41) is 0. The van der Waals surface area contributed by atoms with Gasteiger partial charge in [-0.2, -0.15) is 0 Å². The van der Waals surface area contributed by atoms with Gasteiger partial charge in [0.2, 0.25) is 0 Å². The molecular weight excluding hydrogens is 1060 g/mol. The molecule has 0 N–H and O–H groups in total. The van der Waals surface area contributed by atoms with Gasteiger partial charge in [0.1, 0.15) is 28.9 Å². The molecule has 0 saturated heterocycles. The van der Waals surface area contributed by atoms with Crippen molar-refractivity contribution in [3.8, 4) is 23.0 Å². The molecule has 1 aliphatic carbocycles. The van der Waals surface area contributed by atoms with Crippen molar-refractivity contribution < 1.29 is 57.4 Å². The summed E-state index contributed by atoms with van der Waals surface area (Å²) in [5.74, 6) is -5.23. The first-order valence-electron chi connectivity index (χ1n) is 26.9. The van der Waals surface area contributed by atoms with Crippen molar-refractivity contribution in [2.24, 2.45) is 0 Å². The molecule has 0 saturated carbocycles. The number of hydrogen-bond acceptors (Lipinski definition) is 12. The lowest BCUT2D eigenvalue weighted by Gasteiger charge is -2.16. The maximum atomic E-state index is 14.0. The largest absolute Gasteiger partial charge is 0.457 e. The second-order valence-electron chi connectivity index (χ2n) is 20.5. The number of hydrogen-bond donors (Lipinski definition) is 0. The van der Waals surface area contributed by atoms with E-state index in [9.17, 15) is 47.9 Å². The van der Waals surface area contributed by atoms with Crippen LogP contribution in [0.2, 0.25) is 0 Å². The Kier molecular flexibility index (Phi) is 12.6. The number of carbonyl (C=O) groups excluding carboxylic acids is 10. The first kappa shape index (κ1) is 52.1.